The molecular formula is C23H19Cl2NO4. The van der Waals surface area contributed by atoms with Crippen LogP contribution in [0.2, 0.25) is 10.0 Å². The van der Waals surface area contributed by atoms with E-state index in [0.717, 1.165) is 16.8 Å². The summed E-state index contributed by atoms with van der Waals surface area (Å²) in [7, 11) is 0. The van der Waals surface area contributed by atoms with Crippen LogP contribution in [0, 0.1) is 13.8 Å². The van der Waals surface area contributed by atoms with Crippen LogP contribution in [-0.2, 0) is 4.79 Å². The van der Waals surface area contributed by atoms with Gasteiger partial charge in [0, 0.05) is 16.3 Å². The molecule has 0 atom stereocenters. The summed E-state index contributed by atoms with van der Waals surface area (Å²) in [6.07, 6.45) is 0. The standard InChI is InChI=1S/C23H19Cl2NO4/c1-14-3-4-15(2)20(11-14)26-23(28)16-5-8-18(9-6-16)30-22(27)13-29-21-10-7-17(24)12-19(21)25/h3-12H,13H2,1-2H3,(H,26,28). The molecule has 7 heteroatoms. The highest BCUT2D eigenvalue weighted by Crippen LogP contribution is 2.27. The zero-order valence-corrected chi connectivity index (χ0v) is 17.9. The van der Waals surface area contributed by atoms with Gasteiger partial charge in [0.25, 0.3) is 5.91 Å². The lowest BCUT2D eigenvalue weighted by Crippen LogP contribution is -2.18. The van der Waals surface area contributed by atoms with E-state index in [4.69, 9.17) is 32.7 Å². The highest BCUT2D eigenvalue weighted by molar-refractivity contribution is 6.35. The zero-order valence-electron chi connectivity index (χ0n) is 16.4. The monoisotopic (exact) mass is 443 g/mol. The van der Waals surface area contributed by atoms with Crippen LogP contribution < -0.4 is 14.8 Å². The fraction of sp³-hybridized carbons (Fsp3) is 0.130. The lowest BCUT2D eigenvalue weighted by molar-refractivity contribution is -0.136. The van der Waals surface area contributed by atoms with Crippen molar-refractivity contribution in [2.75, 3.05) is 11.9 Å². The minimum Gasteiger partial charge on any atom is -0.480 e. The number of esters is 1. The summed E-state index contributed by atoms with van der Waals surface area (Å²) in [6, 6.07) is 16.8. The van der Waals surface area contributed by atoms with E-state index < -0.39 is 5.97 Å². The molecule has 5 nitrogen and oxygen atoms in total. The van der Waals surface area contributed by atoms with Crippen molar-refractivity contribution in [2.24, 2.45) is 0 Å². The number of rotatable bonds is 6. The van der Waals surface area contributed by atoms with Gasteiger partial charge in [-0.1, -0.05) is 35.3 Å². The lowest BCUT2D eigenvalue weighted by atomic mass is 10.1. The molecule has 1 N–H and O–H groups in total. The molecule has 0 saturated heterocycles. The Morgan fingerprint density at radius 2 is 1.67 bits per heavy atom. The van der Waals surface area contributed by atoms with Gasteiger partial charge in [-0.3, -0.25) is 4.79 Å². The number of halogens is 2. The Kier molecular flexibility index (Phi) is 6.98. The van der Waals surface area contributed by atoms with E-state index in [1.807, 2.05) is 32.0 Å². The van der Waals surface area contributed by atoms with Crippen LogP contribution in [0.15, 0.2) is 60.7 Å². The average Bonchev–Trinajstić information content (AvgIpc) is 2.70. The Balaban J connectivity index is 1.56. The first kappa shape index (κ1) is 21.7. The smallest absolute Gasteiger partial charge is 0.349 e. The molecule has 1 amide bonds. The van der Waals surface area contributed by atoms with Crippen molar-refractivity contribution in [1.82, 2.24) is 0 Å². The predicted molar refractivity (Wildman–Crippen MR) is 118 cm³/mol. The summed E-state index contributed by atoms with van der Waals surface area (Å²) >= 11 is 11.8. The highest BCUT2D eigenvalue weighted by Gasteiger charge is 2.11. The van der Waals surface area contributed by atoms with Crippen molar-refractivity contribution >= 4 is 40.8 Å². The largest absolute Gasteiger partial charge is 0.480 e. The Morgan fingerprint density at radius 3 is 2.37 bits per heavy atom. The van der Waals surface area contributed by atoms with Gasteiger partial charge in [0.2, 0.25) is 0 Å². The molecule has 0 radical (unpaired) electrons. The number of carbonyl (C=O) groups excluding carboxylic acids is 2. The topological polar surface area (TPSA) is 64.6 Å². The van der Waals surface area contributed by atoms with Gasteiger partial charge < -0.3 is 14.8 Å². The number of amides is 1. The number of hydrogen-bond acceptors (Lipinski definition) is 4. The molecule has 0 bridgehead atoms. The first-order valence-corrected chi connectivity index (χ1v) is 9.84. The van der Waals surface area contributed by atoms with E-state index in [1.165, 1.54) is 6.07 Å². The van der Waals surface area contributed by atoms with E-state index >= 15 is 0 Å². The third-order valence-corrected chi connectivity index (χ3v) is 4.76. The van der Waals surface area contributed by atoms with Crippen LogP contribution in [0.4, 0.5) is 5.69 Å². The molecule has 0 saturated carbocycles. The highest BCUT2D eigenvalue weighted by atomic mass is 35.5. The van der Waals surface area contributed by atoms with Crippen LogP contribution in [0.5, 0.6) is 11.5 Å². The molecule has 0 heterocycles. The molecule has 3 aromatic carbocycles. The van der Waals surface area contributed by atoms with Gasteiger partial charge in [0.05, 0.1) is 5.02 Å². The molecule has 0 aliphatic heterocycles. The summed E-state index contributed by atoms with van der Waals surface area (Å²) in [5, 5.41) is 3.66. The summed E-state index contributed by atoms with van der Waals surface area (Å²) < 4.78 is 10.6. The number of nitrogens with one attached hydrogen (secondary N) is 1. The summed E-state index contributed by atoms with van der Waals surface area (Å²) in [5.41, 5.74) is 3.23. The van der Waals surface area contributed by atoms with Crippen molar-refractivity contribution in [3.05, 3.63) is 87.4 Å². The molecule has 3 aromatic rings. The second-order valence-corrected chi connectivity index (χ2v) is 7.48. The Bertz CT molecular complexity index is 1080. The van der Waals surface area contributed by atoms with E-state index in [-0.39, 0.29) is 12.5 Å². The molecule has 0 aliphatic rings. The third kappa shape index (κ3) is 5.75. The molecule has 30 heavy (non-hydrogen) atoms. The van der Waals surface area contributed by atoms with Gasteiger partial charge in [-0.2, -0.15) is 0 Å². The van der Waals surface area contributed by atoms with Crippen LogP contribution in [0.1, 0.15) is 21.5 Å². The van der Waals surface area contributed by atoms with Gasteiger partial charge in [0.15, 0.2) is 6.61 Å². The van der Waals surface area contributed by atoms with Gasteiger partial charge in [0.1, 0.15) is 11.5 Å². The molecule has 154 valence electrons. The number of hydrogen-bond donors (Lipinski definition) is 1. The van der Waals surface area contributed by atoms with Gasteiger partial charge in [-0.15, -0.1) is 0 Å². The predicted octanol–water partition coefficient (Wildman–Crippen LogP) is 5.85. The first-order valence-electron chi connectivity index (χ1n) is 9.09. The van der Waals surface area contributed by atoms with Crippen LogP contribution in [0.3, 0.4) is 0 Å². The molecular weight excluding hydrogens is 425 g/mol. The second-order valence-electron chi connectivity index (χ2n) is 6.63. The SMILES string of the molecule is Cc1ccc(C)c(NC(=O)c2ccc(OC(=O)COc3ccc(Cl)cc3Cl)cc2)c1. The molecule has 0 aliphatic carbocycles. The lowest BCUT2D eigenvalue weighted by Gasteiger charge is -2.10. The number of aryl methyl sites for hydroxylation is 2. The third-order valence-electron chi connectivity index (χ3n) is 4.23. The van der Waals surface area contributed by atoms with E-state index in [2.05, 4.69) is 5.32 Å². The van der Waals surface area contributed by atoms with Crippen LogP contribution in [-0.4, -0.2) is 18.5 Å². The van der Waals surface area contributed by atoms with E-state index in [9.17, 15) is 9.59 Å². The second kappa shape index (κ2) is 9.65. The maximum Gasteiger partial charge on any atom is 0.349 e. The van der Waals surface area contributed by atoms with Gasteiger partial charge in [-0.05, 0) is 73.5 Å². The van der Waals surface area contributed by atoms with Crippen molar-refractivity contribution in [1.29, 1.82) is 0 Å². The number of ether oxygens (including phenoxy) is 2. The Labute approximate surface area is 184 Å². The van der Waals surface area contributed by atoms with Crippen molar-refractivity contribution in [2.45, 2.75) is 13.8 Å². The van der Waals surface area contributed by atoms with Gasteiger partial charge in [-0.25, -0.2) is 4.79 Å². The minimum absolute atomic E-state index is 0.248. The van der Waals surface area contributed by atoms with E-state index in [1.54, 1.807) is 36.4 Å². The summed E-state index contributed by atoms with van der Waals surface area (Å²) in [4.78, 5) is 24.5. The van der Waals surface area contributed by atoms with Crippen molar-refractivity contribution in [3.8, 4) is 11.5 Å². The average molecular weight is 444 g/mol. The molecule has 0 fully saturated rings. The number of anilines is 1. The minimum atomic E-state index is -0.603. The quantitative estimate of drug-likeness (QED) is 0.383. The molecule has 0 aromatic heterocycles. The normalized spacial score (nSPS) is 10.4. The Hall–Kier alpha value is -3.02. The zero-order chi connectivity index (χ0) is 21.7. The fourth-order valence-corrected chi connectivity index (χ4v) is 3.09. The van der Waals surface area contributed by atoms with Crippen LogP contribution >= 0.6 is 23.2 Å². The number of benzene rings is 3. The van der Waals surface area contributed by atoms with Crippen molar-refractivity contribution < 1.29 is 19.1 Å². The maximum absolute atomic E-state index is 12.5. The summed E-state index contributed by atoms with van der Waals surface area (Å²) in [6.45, 7) is 3.57. The molecule has 0 unspecified atom stereocenters. The Morgan fingerprint density at radius 1 is 0.933 bits per heavy atom. The summed E-state index contributed by atoms with van der Waals surface area (Å²) in [5.74, 6) is -0.221. The van der Waals surface area contributed by atoms with Crippen LogP contribution in [0.25, 0.3) is 0 Å². The first-order chi connectivity index (χ1) is 14.3. The van der Waals surface area contributed by atoms with Gasteiger partial charge >= 0.3 is 5.97 Å². The van der Waals surface area contributed by atoms with Crippen molar-refractivity contribution in [3.63, 3.8) is 0 Å². The van der Waals surface area contributed by atoms with E-state index in [0.29, 0.717) is 27.1 Å². The number of carbonyl (C=O) groups is 2. The molecule has 0 spiro atoms. The molecule has 3 rings (SSSR count). The fourth-order valence-electron chi connectivity index (χ4n) is 2.63. The maximum atomic E-state index is 12.5.